The molecule has 2 aromatic heterocycles. The molecule has 0 saturated carbocycles. The molecule has 4 nitrogen and oxygen atoms in total. The lowest BCUT2D eigenvalue weighted by Crippen LogP contribution is -2.36. The van der Waals surface area contributed by atoms with Crippen LogP contribution < -0.4 is 10.6 Å². The molecule has 1 unspecified atom stereocenters. The molecule has 3 rings (SSSR count). The van der Waals surface area contributed by atoms with Gasteiger partial charge in [0.15, 0.2) is 0 Å². The van der Waals surface area contributed by atoms with Crippen LogP contribution in [0.1, 0.15) is 24.8 Å². The molecule has 0 bridgehead atoms. The summed E-state index contributed by atoms with van der Waals surface area (Å²) in [5.74, 6) is 1.83. The second-order valence-corrected chi connectivity index (χ2v) is 6.20. The number of hydrogen-bond donors (Lipinski definition) is 1. The fourth-order valence-electron chi connectivity index (χ4n) is 2.91. The monoisotopic (exact) mass is 276 g/mol. The Kier molecular flexibility index (Phi) is 3.66. The van der Waals surface area contributed by atoms with Gasteiger partial charge in [0.2, 0.25) is 0 Å². The standard InChI is InChI=1S/C14H20N4S/c1-10-8-19-13-12(10)16-9-17-14(13)18-6-2-3-11(7-18)4-5-15/h8-9,11H,2-7,15H2,1H3. The number of fused-ring (bicyclic) bond motifs is 1. The Morgan fingerprint density at radius 3 is 3.21 bits per heavy atom. The van der Waals surface area contributed by atoms with Crippen LogP contribution in [0.2, 0.25) is 0 Å². The highest BCUT2D eigenvalue weighted by Gasteiger charge is 2.22. The van der Waals surface area contributed by atoms with Crippen molar-refractivity contribution in [1.82, 2.24) is 9.97 Å². The third-order valence-electron chi connectivity index (χ3n) is 3.91. The van der Waals surface area contributed by atoms with Crippen LogP contribution >= 0.6 is 11.3 Å². The molecule has 1 saturated heterocycles. The van der Waals surface area contributed by atoms with E-state index in [1.807, 2.05) is 0 Å². The van der Waals surface area contributed by atoms with Crippen LogP contribution in [0.25, 0.3) is 10.2 Å². The molecule has 1 aliphatic heterocycles. The van der Waals surface area contributed by atoms with Crippen LogP contribution in [0.5, 0.6) is 0 Å². The van der Waals surface area contributed by atoms with Gasteiger partial charge in [0.25, 0.3) is 0 Å². The van der Waals surface area contributed by atoms with E-state index in [2.05, 4.69) is 27.2 Å². The average Bonchev–Trinajstić information content (AvgIpc) is 2.81. The Labute approximate surface area is 117 Å². The maximum absolute atomic E-state index is 5.70. The van der Waals surface area contributed by atoms with E-state index < -0.39 is 0 Å². The molecule has 19 heavy (non-hydrogen) atoms. The van der Waals surface area contributed by atoms with E-state index in [1.165, 1.54) is 23.1 Å². The molecule has 102 valence electrons. The van der Waals surface area contributed by atoms with Crippen LogP contribution in [0.15, 0.2) is 11.7 Å². The molecule has 3 heterocycles. The van der Waals surface area contributed by atoms with Crippen molar-refractivity contribution in [3.63, 3.8) is 0 Å². The first kappa shape index (κ1) is 12.8. The minimum atomic E-state index is 0.713. The average molecular weight is 276 g/mol. The van der Waals surface area contributed by atoms with Gasteiger partial charge in [-0.2, -0.15) is 0 Å². The summed E-state index contributed by atoms with van der Waals surface area (Å²) in [4.78, 5) is 11.4. The summed E-state index contributed by atoms with van der Waals surface area (Å²) >= 11 is 1.76. The predicted octanol–water partition coefficient (Wildman–Crippen LogP) is 2.56. The zero-order chi connectivity index (χ0) is 13.2. The highest BCUT2D eigenvalue weighted by molar-refractivity contribution is 7.18. The first-order valence-electron chi connectivity index (χ1n) is 6.93. The zero-order valence-electron chi connectivity index (χ0n) is 11.3. The van der Waals surface area contributed by atoms with Crippen LogP contribution in [-0.2, 0) is 0 Å². The smallest absolute Gasteiger partial charge is 0.150 e. The van der Waals surface area contributed by atoms with Crippen molar-refractivity contribution in [3.8, 4) is 0 Å². The van der Waals surface area contributed by atoms with E-state index in [4.69, 9.17) is 5.73 Å². The van der Waals surface area contributed by atoms with Crippen molar-refractivity contribution in [2.75, 3.05) is 24.5 Å². The van der Waals surface area contributed by atoms with Crippen molar-refractivity contribution in [2.45, 2.75) is 26.2 Å². The number of thiophene rings is 1. The van der Waals surface area contributed by atoms with Gasteiger partial charge in [-0.05, 0) is 49.6 Å². The summed E-state index contributed by atoms with van der Waals surface area (Å²) in [6.07, 6.45) is 5.35. The summed E-state index contributed by atoms with van der Waals surface area (Å²) in [5, 5.41) is 2.17. The van der Waals surface area contributed by atoms with Crippen molar-refractivity contribution in [1.29, 1.82) is 0 Å². The number of piperidine rings is 1. The maximum atomic E-state index is 5.70. The predicted molar refractivity (Wildman–Crippen MR) is 80.8 cm³/mol. The molecule has 0 spiro atoms. The minimum Gasteiger partial charge on any atom is -0.355 e. The number of anilines is 1. The van der Waals surface area contributed by atoms with Gasteiger partial charge in [-0.15, -0.1) is 11.3 Å². The van der Waals surface area contributed by atoms with Crippen molar-refractivity contribution >= 4 is 27.4 Å². The third-order valence-corrected chi connectivity index (χ3v) is 4.99. The number of nitrogens with two attached hydrogens (primary N) is 1. The molecule has 1 atom stereocenters. The molecular formula is C14H20N4S. The summed E-state index contributed by atoms with van der Waals surface area (Å²) in [5.41, 5.74) is 8.05. The van der Waals surface area contributed by atoms with Crippen molar-refractivity contribution in [2.24, 2.45) is 11.7 Å². The van der Waals surface area contributed by atoms with E-state index >= 15 is 0 Å². The maximum Gasteiger partial charge on any atom is 0.150 e. The number of hydrogen-bond acceptors (Lipinski definition) is 5. The Morgan fingerprint density at radius 2 is 2.37 bits per heavy atom. The number of aryl methyl sites for hydroxylation is 1. The second-order valence-electron chi connectivity index (χ2n) is 5.33. The molecule has 2 aromatic rings. The summed E-state index contributed by atoms with van der Waals surface area (Å²) < 4.78 is 1.23. The quantitative estimate of drug-likeness (QED) is 0.936. The fraction of sp³-hybridized carbons (Fsp3) is 0.571. The summed E-state index contributed by atoms with van der Waals surface area (Å²) in [7, 11) is 0. The van der Waals surface area contributed by atoms with Crippen LogP contribution in [-0.4, -0.2) is 29.6 Å². The minimum absolute atomic E-state index is 0.713. The molecule has 0 amide bonds. The lowest BCUT2D eigenvalue weighted by molar-refractivity contribution is 0.395. The first-order valence-corrected chi connectivity index (χ1v) is 7.81. The second kappa shape index (κ2) is 5.43. The molecular weight excluding hydrogens is 256 g/mol. The molecule has 1 aliphatic rings. The first-order chi connectivity index (χ1) is 9.29. The topological polar surface area (TPSA) is 55.0 Å². The molecule has 5 heteroatoms. The molecule has 2 N–H and O–H groups in total. The van der Waals surface area contributed by atoms with Crippen LogP contribution in [0.3, 0.4) is 0 Å². The molecule has 0 radical (unpaired) electrons. The normalized spacial score (nSPS) is 20.1. The Balaban J connectivity index is 1.91. The van der Waals surface area contributed by atoms with Gasteiger partial charge >= 0.3 is 0 Å². The van der Waals surface area contributed by atoms with Crippen molar-refractivity contribution < 1.29 is 0 Å². The Morgan fingerprint density at radius 1 is 1.47 bits per heavy atom. The van der Waals surface area contributed by atoms with Gasteiger partial charge in [-0.25, -0.2) is 9.97 Å². The van der Waals surface area contributed by atoms with E-state index in [0.29, 0.717) is 5.92 Å². The van der Waals surface area contributed by atoms with Gasteiger partial charge in [-0.1, -0.05) is 0 Å². The lowest BCUT2D eigenvalue weighted by Gasteiger charge is -2.33. The van der Waals surface area contributed by atoms with Crippen LogP contribution in [0.4, 0.5) is 5.82 Å². The fourth-order valence-corrected chi connectivity index (χ4v) is 3.93. The third kappa shape index (κ3) is 2.44. The number of rotatable bonds is 3. The van der Waals surface area contributed by atoms with Crippen molar-refractivity contribution in [3.05, 3.63) is 17.3 Å². The number of nitrogens with zero attached hydrogens (tertiary/aromatic N) is 3. The van der Waals surface area contributed by atoms with Gasteiger partial charge in [0.1, 0.15) is 12.1 Å². The zero-order valence-corrected chi connectivity index (χ0v) is 12.1. The van der Waals surface area contributed by atoms with Gasteiger partial charge in [0.05, 0.1) is 10.2 Å². The van der Waals surface area contributed by atoms with Gasteiger partial charge in [0, 0.05) is 13.1 Å². The van der Waals surface area contributed by atoms with Gasteiger partial charge < -0.3 is 10.6 Å². The van der Waals surface area contributed by atoms with E-state index in [1.54, 1.807) is 17.7 Å². The molecule has 0 aromatic carbocycles. The van der Waals surface area contributed by atoms with Gasteiger partial charge in [-0.3, -0.25) is 0 Å². The largest absolute Gasteiger partial charge is 0.355 e. The molecule has 1 fully saturated rings. The highest BCUT2D eigenvalue weighted by atomic mass is 32.1. The van der Waals surface area contributed by atoms with Crippen LogP contribution in [0, 0.1) is 12.8 Å². The van der Waals surface area contributed by atoms with E-state index in [0.717, 1.165) is 37.4 Å². The molecule has 0 aliphatic carbocycles. The summed E-state index contributed by atoms with van der Waals surface area (Å²) in [6, 6.07) is 0. The Hall–Kier alpha value is -1.20. The van der Waals surface area contributed by atoms with E-state index in [-0.39, 0.29) is 0 Å². The number of aromatic nitrogens is 2. The Bertz CT molecular complexity index is 564. The summed E-state index contributed by atoms with van der Waals surface area (Å²) in [6.45, 7) is 5.09. The lowest BCUT2D eigenvalue weighted by atomic mass is 9.95. The SMILES string of the molecule is Cc1csc2c(N3CCCC(CCN)C3)ncnc12. The highest BCUT2D eigenvalue weighted by Crippen LogP contribution is 2.33. The van der Waals surface area contributed by atoms with E-state index in [9.17, 15) is 0 Å².